The van der Waals surface area contributed by atoms with Crippen LogP contribution in [0.3, 0.4) is 0 Å². The average Bonchev–Trinajstić information content (AvgIpc) is 2.78. The minimum Gasteiger partial charge on any atom is -0.481 e. The number of ether oxygens (including phenoxy) is 2. The first-order valence-corrected chi connectivity index (χ1v) is 10.1. The zero-order chi connectivity index (χ0) is 24.5. The number of halogens is 1. The number of carbonyl (C=O) groups is 3. The smallest absolute Gasteiger partial charge is 0.338 e. The zero-order valence-electron chi connectivity index (χ0n) is 17.2. The van der Waals surface area contributed by atoms with Gasteiger partial charge in [-0.2, -0.15) is 9.97 Å². The lowest BCUT2D eigenvalue weighted by atomic mass is 10.1. The molecule has 0 fully saturated rings. The fourth-order valence-corrected chi connectivity index (χ4v) is 3.62. The first kappa shape index (κ1) is 25.4. The van der Waals surface area contributed by atoms with E-state index in [1.165, 1.54) is 50.6 Å². The summed E-state index contributed by atoms with van der Waals surface area (Å²) < 4.78 is 10.1. The predicted molar refractivity (Wildman–Crippen MR) is 118 cm³/mol. The highest BCUT2D eigenvalue weighted by Gasteiger charge is 2.17. The predicted octanol–water partition coefficient (Wildman–Crippen LogP) is 4.08. The van der Waals surface area contributed by atoms with E-state index in [4.69, 9.17) is 31.3 Å². The van der Waals surface area contributed by atoms with Crippen molar-refractivity contribution in [1.82, 2.24) is 9.97 Å². The molecule has 12 heteroatoms. The van der Waals surface area contributed by atoms with Crippen LogP contribution in [-0.4, -0.2) is 57.4 Å². The summed E-state index contributed by atoms with van der Waals surface area (Å²) >= 11 is 6.99. The van der Waals surface area contributed by atoms with Crippen molar-refractivity contribution in [2.45, 2.75) is 10.1 Å². The molecule has 10 nitrogen and oxygen atoms in total. The Kier molecular flexibility index (Phi) is 9.01. The largest absolute Gasteiger partial charge is 0.481 e. The van der Waals surface area contributed by atoms with Gasteiger partial charge in [0.25, 0.3) is 0 Å². The van der Waals surface area contributed by atoms with E-state index < -0.39 is 17.9 Å². The van der Waals surface area contributed by atoms with Gasteiger partial charge in [0.1, 0.15) is 0 Å². The summed E-state index contributed by atoms with van der Waals surface area (Å²) in [7, 11) is 2.94. The van der Waals surface area contributed by atoms with E-state index in [1.54, 1.807) is 12.1 Å². The quantitative estimate of drug-likeness (QED) is 0.408. The summed E-state index contributed by atoms with van der Waals surface area (Å²) in [4.78, 5) is 40.9. The van der Waals surface area contributed by atoms with Crippen molar-refractivity contribution in [3.63, 3.8) is 0 Å². The van der Waals surface area contributed by atoms with Crippen molar-refractivity contribution in [2.24, 2.45) is 0 Å². The van der Waals surface area contributed by atoms with Gasteiger partial charge in [0.05, 0.1) is 42.0 Å². The summed E-state index contributed by atoms with van der Waals surface area (Å²) in [5.74, 6) is -2.93. The van der Waals surface area contributed by atoms with Gasteiger partial charge in [0, 0.05) is 4.90 Å². The molecule has 0 saturated carbocycles. The summed E-state index contributed by atoms with van der Waals surface area (Å²) in [5, 5.41) is 26.8. The van der Waals surface area contributed by atoms with Crippen LogP contribution in [0.1, 0.15) is 31.1 Å². The topological polar surface area (TPSA) is 156 Å². The molecule has 1 heterocycles. The Morgan fingerprint density at radius 3 is 1.76 bits per heavy atom. The molecule has 0 spiro atoms. The number of benzene rings is 2. The molecule has 0 amide bonds. The van der Waals surface area contributed by atoms with Crippen LogP contribution < -0.4 is 9.47 Å². The second-order valence-corrected chi connectivity index (χ2v) is 7.33. The van der Waals surface area contributed by atoms with Gasteiger partial charge in [-0.3, -0.25) is 0 Å². The maximum atomic E-state index is 11.3. The second-order valence-electron chi connectivity index (χ2n) is 5.91. The van der Waals surface area contributed by atoms with E-state index in [1.807, 2.05) is 0 Å². The van der Waals surface area contributed by atoms with Crippen LogP contribution in [0.25, 0.3) is 0 Å². The van der Waals surface area contributed by atoms with E-state index in [-0.39, 0.29) is 21.7 Å². The molecule has 3 aromatic rings. The molecule has 0 bridgehead atoms. The minimum absolute atomic E-state index is 0.00885. The molecule has 0 unspecified atom stereocenters. The Bertz CT molecular complexity index is 1130. The number of hydrogen-bond acceptors (Lipinski definition) is 8. The summed E-state index contributed by atoms with van der Waals surface area (Å²) in [6, 6.07) is 11.8. The molecule has 0 atom stereocenters. The van der Waals surface area contributed by atoms with Gasteiger partial charge < -0.3 is 24.8 Å². The Hall–Kier alpha value is -3.83. The molecule has 0 aliphatic heterocycles. The fourth-order valence-electron chi connectivity index (χ4n) is 2.39. The van der Waals surface area contributed by atoms with Gasteiger partial charge in [-0.05, 0) is 36.0 Å². The van der Waals surface area contributed by atoms with E-state index in [2.05, 4.69) is 9.97 Å². The molecule has 0 saturated heterocycles. The highest BCUT2D eigenvalue weighted by molar-refractivity contribution is 7.99. The van der Waals surface area contributed by atoms with Crippen molar-refractivity contribution in [1.29, 1.82) is 0 Å². The van der Waals surface area contributed by atoms with Crippen LogP contribution in [0, 0.1) is 0 Å². The fraction of sp³-hybridized carbons (Fsp3) is 0.0952. The second kappa shape index (κ2) is 11.7. The number of carboxylic acids is 3. The first-order valence-electron chi connectivity index (χ1n) is 8.90. The molecular formula is C21H17ClN2O8S. The summed E-state index contributed by atoms with van der Waals surface area (Å²) in [5.41, 5.74) is -0.371. The molecule has 3 N–H and O–H groups in total. The third-order valence-electron chi connectivity index (χ3n) is 3.86. The number of aromatic nitrogens is 2. The van der Waals surface area contributed by atoms with Gasteiger partial charge in [0.15, 0.2) is 5.16 Å². The van der Waals surface area contributed by atoms with Crippen LogP contribution in [0.2, 0.25) is 5.02 Å². The Balaban J connectivity index is 0.000000273. The monoisotopic (exact) mass is 492 g/mol. The minimum atomic E-state index is -1.23. The Labute approximate surface area is 196 Å². The Morgan fingerprint density at radius 1 is 0.818 bits per heavy atom. The van der Waals surface area contributed by atoms with Crippen LogP contribution >= 0.6 is 23.4 Å². The van der Waals surface area contributed by atoms with Crippen molar-refractivity contribution in [3.8, 4) is 11.8 Å². The maximum Gasteiger partial charge on any atom is 0.338 e. The normalized spacial score (nSPS) is 9.91. The molecule has 1 aromatic heterocycles. The van der Waals surface area contributed by atoms with Gasteiger partial charge >= 0.3 is 17.9 Å². The zero-order valence-corrected chi connectivity index (χ0v) is 18.8. The number of nitrogens with zero attached hydrogens (tertiary/aromatic N) is 2. The van der Waals surface area contributed by atoms with E-state index >= 15 is 0 Å². The molecule has 3 rings (SSSR count). The van der Waals surface area contributed by atoms with Gasteiger partial charge in [-0.15, -0.1) is 0 Å². The van der Waals surface area contributed by atoms with Crippen molar-refractivity contribution in [2.75, 3.05) is 14.2 Å². The van der Waals surface area contributed by atoms with Crippen molar-refractivity contribution in [3.05, 3.63) is 70.2 Å². The highest BCUT2D eigenvalue weighted by atomic mass is 35.5. The standard InChI is InChI=1S/C13H11ClN2O4S.C8H6O4/c1-19-9-6-10(20-2)16-13(15-9)21-8-5-3-4-7(14)11(8)12(17)18;9-7(10)5-3-1-2-4-6(5)8(11)12/h3-6H,1-2H3,(H,17,18);1-4H,(H,9,10)(H,11,12). The molecule has 2 aromatic carbocycles. The van der Waals surface area contributed by atoms with Gasteiger partial charge in [-0.25, -0.2) is 14.4 Å². The Morgan fingerprint density at radius 2 is 1.33 bits per heavy atom. The molecule has 33 heavy (non-hydrogen) atoms. The molecule has 172 valence electrons. The lowest BCUT2D eigenvalue weighted by Gasteiger charge is -2.08. The van der Waals surface area contributed by atoms with Crippen LogP contribution in [0.5, 0.6) is 11.8 Å². The molecule has 0 radical (unpaired) electrons. The van der Waals surface area contributed by atoms with E-state index in [0.29, 0.717) is 21.8 Å². The lowest BCUT2D eigenvalue weighted by molar-refractivity contribution is 0.0651. The van der Waals surface area contributed by atoms with Crippen LogP contribution in [-0.2, 0) is 0 Å². The third kappa shape index (κ3) is 6.82. The molecule has 0 aliphatic rings. The molecular weight excluding hydrogens is 476 g/mol. The highest BCUT2D eigenvalue weighted by Crippen LogP contribution is 2.33. The lowest BCUT2D eigenvalue weighted by Crippen LogP contribution is -2.06. The van der Waals surface area contributed by atoms with Crippen molar-refractivity contribution >= 4 is 41.3 Å². The maximum absolute atomic E-state index is 11.3. The number of hydrogen-bond donors (Lipinski definition) is 3. The number of methoxy groups -OCH3 is 2. The molecule has 0 aliphatic carbocycles. The van der Waals surface area contributed by atoms with Crippen LogP contribution in [0.15, 0.2) is 58.6 Å². The van der Waals surface area contributed by atoms with Gasteiger partial charge in [-0.1, -0.05) is 29.8 Å². The number of carboxylic acid groups (broad SMARTS) is 3. The SMILES string of the molecule is COc1cc(OC)nc(Sc2cccc(Cl)c2C(=O)O)n1.O=C(O)c1ccccc1C(=O)O. The number of rotatable bonds is 7. The third-order valence-corrected chi connectivity index (χ3v) is 5.10. The van der Waals surface area contributed by atoms with E-state index in [0.717, 1.165) is 11.8 Å². The summed E-state index contributed by atoms with van der Waals surface area (Å²) in [6.07, 6.45) is 0. The average molecular weight is 493 g/mol. The summed E-state index contributed by atoms with van der Waals surface area (Å²) in [6.45, 7) is 0. The van der Waals surface area contributed by atoms with Crippen molar-refractivity contribution < 1.29 is 39.2 Å². The van der Waals surface area contributed by atoms with Gasteiger partial charge in [0.2, 0.25) is 11.8 Å². The number of aromatic carboxylic acids is 3. The van der Waals surface area contributed by atoms with E-state index in [9.17, 15) is 19.5 Å². The van der Waals surface area contributed by atoms with Crippen LogP contribution in [0.4, 0.5) is 0 Å². The first-order chi connectivity index (χ1) is 15.7.